The lowest BCUT2D eigenvalue weighted by molar-refractivity contribution is -0.385. The molecular formula is C17H16N2O7. The number of nitro groups is 1. The van der Waals surface area contributed by atoms with Crippen molar-refractivity contribution in [3.63, 3.8) is 0 Å². The normalized spacial score (nSPS) is 10.3. The van der Waals surface area contributed by atoms with Crippen LogP contribution in [0.4, 0.5) is 5.69 Å². The number of hydrogen-bond acceptors (Lipinski definition) is 7. The molecule has 0 spiro atoms. The number of ketones is 1. The number of rotatable bonds is 6. The average molecular weight is 360 g/mol. The van der Waals surface area contributed by atoms with Gasteiger partial charge in [-0.1, -0.05) is 0 Å². The van der Waals surface area contributed by atoms with Gasteiger partial charge in [-0.2, -0.15) is 0 Å². The van der Waals surface area contributed by atoms with Crippen molar-refractivity contribution in [1.29, 1.82) is 0 Å². The Hall–Kier alpha value is -3.49. The number of methoxy groups -OCH3 is 2. The summed E-state index contributed by atoms with van der Waals surface area (Å²) in [5, 5.41) is 11.1. The van der Waals surface area contributed by atoms with E-state index in [2.05, 4.69) is 4.74 Å². The number of ether oxygens (including phenoxy) is 2. The van der Waals surface area contributed by atoms with Crippen LogP contribution in [0.5, 0.6) is 5.75 Å². The van der Waals surface area contributed by atoms with Gasteiger partial charge in [0.05, 0.1) is 31.9 Å². The summed E-state index contributed by atoms with van der Waals surface area (Å²) in [4.78, 5) is 46.2. The molecule has 0 saturated carbocycles. The molecule has 0 aliphatic heterocycles. The lowest BCUT2D eigenvalue weighted by Crippen LogP contribution is -2.27. The van der Waals surface area contributed by atoms with Crippen LogP contribution in [0.1, 0.15) is 33.2 Å². The van der Waals surface area contributed by atoms with Crippen LogP contribution in [-0.4, -0.2) is 35.5 Å². The molecule has 0 saturated heterocycles. The summed E-state index contributed by atoms with van der Waals surface area (Å²) in [6.45, 7) is 1.26. The fourth-order valence-electron chi connectivity index (χ4n) is 2.40. The van der Waals surface area contributed by atoms with Gasteiger partial charge in [0.15, 0.2) is 5.78 Å². The van der Waals surface area contributed by atoms with E-state index < -0.39 is 27.7 Å². The summed E-state index contributed by atoms with van der Waals surface area (Å²) >= 11 is 0. The molecule has 0 fully saturated rings. The van der Waals surface area contributed by atoms with Gasteiger partial charge < -0.3 is 14.0 Å². The molecule has 0 aliphatic carbocycles. The van der Waals surface area contributed by atoms with Crippen LogP contribution in [0.3, 0.4) is 0 Å². The van der Waals surface area contributed by atoms with E-state index in [1.807, 2.05) is 0 Å². The Morgan fingerprint density at radius 3 is 2.46 bits per heavy atom. The van der Waals surface area contributed by atoms with Crippen molar-refractivity contribution in [3.8, 4) is 5.75 Å². The first kappa shape index (κ1) is 18.8. The van der Waals surface area contributed by atoms with E-state index in [4.69, 9.17) is 4.74 Å². The maximum Gasteiger partial charge on any atom is 0.343 e. The fourth-order valence-corrected chi connectivity index (χ4v) is 2.40. The lowest BCUT2D eigenvalue weighted by atomic mass is 10.1. The lowest BCUT2D eigenvalue weighted by Gasteiger charge is -2.12. The molecule has 1 aromatic carbocycles. The standard InChI is InChI=1S/C17H16N2O7/c1-10(20)11-4-5-15(25-2)12(6-11)8-18-9-13(19(23)24)7-14(16(18)21)17(22)26-3/h4-7,9H,8H2,1-3H3. The topological polar surface area (TPSA) is 118 Å². The maximum atomic E-state index is 12.5. The van der Waals surface area contributed by atoms with Crippen LogP contribution in [0.25, 0.3) is 0 Å². The van der Waals surface area contributed by atoms with E-state index in [0.29, 0.717) is 16.9 Å². The smallest absolute Gasteiger partial charge is 0.343 e. The summed E-state index contributed by atoms with van der Waals surface area (Å²) in [7, 11) is 2.49. The predicted octanol–water partition coefficient (Wildman–Crippen LogP) is 1.80. The number of nitrogens with zero attached hydrogens (tertiary/aromatic N) is 2. The molecular weight excluding hydrogens is 344 g/mol. The van der Waals surface area contributed by atoms with Gasteiger partial charge in [-0.3, -0.25) is 19.7 Å². The third-order valence-corrected chi connectivity index (χ3v) is 3.72. The number of aromatic nitrogens is 1. The Morgan fingerprint density at radius 1 is 1.23 bits per heavy atom. The zero-order chi connectivity index (χ0) is 19.4. The zero-order valence-electron chi connectivity index (χ0n) is 14.3. The summed E-state index contributed by atoms with van der Waals surface area (Å²) in [5.41, 5.74) is -0.793. The highest BCUT2D eigenvalue weighted by atomic mass is 16.6. The molecule has 136 valence electrons. The monoisotopic (exact) mass is 360 g/mol. The van der Waals surface area contributed by atoms with Crippen molar-refractivity contribution >= 4 is 17.4 Å². The first-order valence-electron chi connectivity index (χ1n) is 7.43. The molecule has 0 atom stereocenters. The zero-order valence-corrected chi connectivity index (χ0v) is 14.3. The van der Waals surface area contributed by atoms with E-state index in [-0.39, 0.29) is 12.3 Å². The highest BCUT2D eigenvalue weighted by molar-refractivity contribution is 5.94. The second-order valence-corrected chi connectivity index (χ2v) is 5.38. The van der Waals surface area contributed by atoms with Crippen LogP contribution in [0, 0.1) is 10.1 Å². The van der Waals surface area contributed by atoms with Crippen molar-refractivity contribution in [2.45, 2.75) is 13.5 Å². The van der Waals surface area contributed by atoms with Gasteiger partial charge in [0.25, 0.3) is 11.2 Å². The first-order valence-corrected chi connectivity index (χ1v) is 7.43. The molecule has 0 N–H and O–H groups in total. The molecule has 0 aliphatic rings. The Bertz CT molecular complexity index is 947. The number of Topliss-reactive ketones (excluding diaryl/α,β-unsaturated/α-hetero) is 1. The minimum atomic E-state index is -0.975. The van der Waals surface area contributed by atoms with E-state index in [1.165, 1.54) is 20.1 Å². The minimum absolute atomic E-state index is 0.130. The van der Waals surface area contributed by atoms with Crippen LogP contribution < -0.4 is 10.3 Å². The molecule has 9 heteroatoms. The van der Waals surface area contributed by atoms with Crippen molar-refractivity contribution in [2.24, 2.45) is 0 Å². The van der Waals surface area contributed by atoms with Crippen LogP contribution in [0.2, 0.25) is 0 Å². The van der Waals surface area contributed by atoms with Crippen molar-refractivity contribution < 1.29 is 24.0 Å². The SMILES string of the molecule is COC(=O)c1cc([N+](=O)[O-])cn(Cc2cc(C(C)=O)ccc2OC)c1=O. The van der Waals surface area contributed by atoms with Crippen molar-refractivity contribution in [2.75, 3.05) is 14.2 Å². The predicted molar refractivity (Wildman–Crippen MR) is 90.8 cm³/mol. The largest absolute Gasteiger partial charge is 0.496 e. The Kier molecular flexibility index (Phi) is 5.51. The summed E-state index contributed by atoms with van der Waals surface area (Å²) in [6, 6.07) is 5.54. The van der Waals surface area contributed by atoms with Gasteiger partial charge in [0, 0.05) is 17.2 Å². The molecule has 0 unspecified atom stereocenters. The van der Waals surface area contributed by atoms with Crippen LogP contribution >= 0.6 is 0 Å². The summed E-state index contributed by atoms with van der Waals surface area (Å²) in [5.74, 6) is -0.763. The quantitative estimate of drug-likeness (QED) is 0.333. The van der Waals surface area contributed by atoms with Gasteiger partial charge in [-0.15, -0.1) is 0 Å². The number of carbonyl (C=O) groups is 2. The fraction of sp³-hybridized carbons (Fsp3) is 0.235. The summed E-state index contributed by atoms with van der Waals surface area (Å²) < 4.78 is 10.7. The molecule has 0 radical (unpaired) electrons. The number of benzene rings is 1. The average Bonchev–Trinajstić information content (AvgIpc) is 2.62. The van der Waals surface area contributed by atoms with Gasteiger partial charge in [0.2, 0.25) is 0 Å². The van der Waals surface area contributed by atoms with Crippen LogP contribution in [0.15, 0.2) is 35.3 Å². The van der Waals surface area contributed by atoms with E-state index in [0.717, 1.165) is 23.9 Å². The second kappa shape index (κ2) is 7.60. The molecule has 1 aromatic heterocycles. The van der Waals surface area contributed by atoms with Crippen molar-refractivity contribution in [1.82, 2.24) is 4.57 Å². The third kappa shape index (κ3) is 3.77. The van der Waals surface area contributed by atoms with Gasteiger partial charge >= 0.3 is 5.97 Å². The summed E-state index contributed by atoms with van der Waals surface area (Å²) in [6.07, 6.45) is 1.02. The maximum absolute atomic E-state index is 12.5. The molecule has 2 rings (SSSR count). The molecule has 26 heavy (non-hydrogen) atoms. The number of esters is 1. The Labute approximate surface area is 147 Å². The molecule has 9 nitrogen and oxygen atoms in total. The number of pyridine rings is 1. The van der Waals surface area contributed by atoms with Gasteiger partial charge in [-0.25, -0.2) is 4.79 Å². The number of carbonyl (C=O) groups excluding carboxylic acids is 2. The highest BCUT2D eigenvalue weighted by Crippen LogP contribution is 2.22. The minimum Gasteiger partial charge on any atom is -0.496 e. The van der Waals surface area contributed by atoms with E-state index in [1.54, 1.807) is 12.1 Å². The van der Waals surface area contributed by atoms with Crippen LogP contribution in [-0.2, 0) is 11.3 Å². The highest BCUT2D eigenvalue weighted by Gasteiger charge is 2.20. The van der Waals surface area contributed by atoms with E-state index in [9.17, 15) is 24.5 Å². The first-order chi connectivity index (χ1) is 12.3. The second-order valence-electron chi connectivity index (χ2n) is 5.38. The van der Waals surface area contributed by atoms with E-state index >= 15 is 0 Å². The van der Waals surface area contributed by atoms with Gasteiger partial charge in [0.1, 0.15) is 11.3 Å². The molecule has 0 amide bonds. The molecule has 2 aromatic rings. The Balaban J connectivity index is 2.62. The molecule has 1 heterocycles. The molecule has 0 bridgehead atoms. The Morgan fingerprint density at radius 2 is 1.92 bits per heavy atom. The van der Waals surface area contributed by atoms with Gasteiger partial charge in [-0.05, 0) is 25.1 Å². The third-order valence-electron chi connectivity index (χ3n) is 3.72. The van der Waals surface area contributed by atoms with Crippen molar-refractivity contribution in [3.05, 3.63) is 67.6 Å². The number of hydrogen-bond donors (Lipinski definition) is 0.